The minimum absolute atomic E-state index is 0.0952. The Morgan fingerprint density at radius 3 is 2.58 bits per heavy atom. The van der Waals surface area contributed by atoms with Crippen molar-refractivity contribution in [1.82, 2.24) is 4.98 Å². The summed E-state index contributed by atoms with van der Waals surface area (Å²) < 4.78 is 0. The average molecular weight is 259 g/mol. The van der Waals surface area contributed by atoms with E-state index in [9.17, 15) is 9.59 Å². The number of carbonyl (C=O) groups excluding carboxylic acids is 1. The van der Waals surface area contributed by atoms with Gasteiger partial charge in [-0.2, -0.15) is 0 Å². The van der Waals surface area contributed by atoms with Gasteiger partial charge in [-0.3, -0.25) is 4.79 Å². The molecule has 0 aliphatic carbocycles. The molecule has 0 radical (unpaired) electrons. The summed E-state index contributed by atoms with van der Waals surface area (Å²) in [4.78, 5) is 26.2. The van der Waals surface area contributed by atoms with Crippen LogP contribution >= 0.6 is 0 Å². The molecule has 0 aliphatic rings. The number of rotatable bonds is 5. The highest BCUT2D eigenvalue weighted by atomic mass is 16.4. The number of hydrogen-bond donors (Lipinski definition) is 2. The van der Waals surface area contributed by atoms with Crippen LogP contribution in [-0.4, -0.2) is 21.8 Å². The van der Waals surface area contributed by atoms with Crippen molar-refractivity contribution in [3.8, 4) is 0 Å². The molecule has 0 bridgehead atoms. The Balaban J connectivity index is 2.66. The third-order valence-corrected chi connectivity index (χ3v) is 3.22. The van der Waals surface area contributed by atoms with E-state index in [4.69, 9.17) is 5.11 Å². The molecule has 1 aromatic carbocycles. The van der Waals surface area contributed by atoms with E-state index in [0.29, 0.717) is 6.42 Å². The molecule has 0 aliphatic heterocycles. The molecule has 0 amide bonds. The number of carbonyl (C=O) groups is 2. The number of aromatic amines is 1. The lowest BCUT2D eigenvalue weighted by Crippen LogP contribution is -2.00. The number of carboxylic acids is 1. The van der Waals surface area contributed by atoms with E-state index >= 15 is 0 Å². The minimum Gasteiger partial charge on any atom is -0.478 e. The summed E-state index contributed by atoms with van der Waals surface area (Å²) in [5.41, 5.74) is 2.58. The summed E-state index contributed by atoms with van der Waals surface area (Å²) in [7, 11) is 0. The van der Waals surface area contributed by atoms with Crippen molar-refractivity contribution < 1.29 is 14.7 Å². The Morgan fingerprint density at radius 1 is 1.26 bits per heavy atom. The number of aromatic carboxylic acids is 1. The second-order valence-corrected chi connectivity index (χ2v) is 4.57. The van der Waals surface area contributed by atoms with Gasteiger partial charge in [0.15, 0.2) is 5.78 Å². The number of ketones is 1. The van der Waals surface area contributed by atoms with E-state index in [0.717, 1.165) is 35.0 Å². The van der Waals surface area contributed by atoms with Crippen molar-refractivity contribution in [3.05, 3.63) is 35.0 Å². The van der Waals surface area contributed by atoms with Gasteiger partial charge < -0.3 is 10.1 Å². The van der Waals surface area contributed by atoms with E-state index in [-0.39, 0.29) is 11.3 Å². The lowest BCUT2D eigenvalue weighted by Gasteiger charge is -2.00. The molecular weight excluding hydrogens is 242 g/mol. The Kier molecular flexibility index (Phi) is 3.69. The second-order valence-electron chi connectivity index (χ2n) is 4.57. The fourth-order valence-electron chi connectivity index (χ4n) is 2.32. The molecule has 1 aromatic heterocycles. The molecule has 0 fully saturated rings. The standard InChI is InChI=1S/C15H17NO3/c1-3-5-11-14(13(17)4-2)10-7-6-9(15(18)19)8-12(10)16-11/h6-8,16H,3-5H2,1-2H3,(H,18,19). The molecule has 0 spiro atoms. The molecule has 2 rings (SSSR count). The van der Waals surface area contributed by atoms with Crippen LogP contribution in [0.4, 0.5) is 0 Å². The molecule has 1 heterocycles. The van der Waals surface area contributed by atoms with E-state index in [1.54, 1.807) is 18.2 Å². The number of H-pyrrole nitrogens is 1. The lowest BCUT2D eigenvalue weighted by atomic mass is 10.0. The van der Waals surface area contributed by atoms with Gasteiger partial charge in [0.1, 0.15) is 0 Å². The fraction of sp³-hybridized carbons (Fsp3) is 0.333. The van der Waals surface area contributed by atoms with Crippen LogP contribution in [0.3, 0.4) is 0 Å². The summed E-state index contributed by atoms with van der Waals surface area (Å²) >= 11 is 0. The predicted molar refractivity (Wildman–Crippen MR) is 73.9 cm³/mol. The number of carboxylic acid groups (broad SMARTS) is 1. The highest BCUT2D eigenvalue weighted by molar-refractivity contribution is 6.10. The maximum absolute atomic E-state index is 12.1. The first kappa shape index (κ1) is 13.3. The Bertz CT molecular complexity index is 640. The number of Topliss-reactive ketones (excluding diaryl/α,β-unsaturated/α-hetero) is 1. The Labute approximate surface area is 111 Å². The van der Waals surface area contributed by atoms with E-state index in [2.05, 4.69) is 4.98 Å². The maximum atomic E-state index is 12.1. The molecule has 4 heteroatoms. The SMILES string of the molecule is CCCc1[nH]c2cc(C(=O)O)ccc2c1C(=O)CC. The Morgan fingerprint density at radius 2 is 2.00 bits per heavy atom. The first-order valence-corrected chi connectivity index (χ1v) is 6.49. The van der Waals surface area contributed by atoms with Crippen molar-refractivity contribution in [2.24, 2.45) is 0 Å². The van der Waals surface area contributed by atoms with Crippen LogP contribution < -0.4 is 0 Å². The maximum Gasteiger partial charge on any atom is 0.335 e. The molecule has 19 heavy (non-hydrogen) atoms. The van der Waals surface area contributed by atoms with Crippen LogP contribution in [0.25, 0.3) is 10.9 Å². The van der Waals surface area contributed by atoms with E-state index in [1.165, 1.54) is 0 Å². The van der Waals surface area contributed by atoms with Gasteiger partial charge in [-0.25, -0.2) is 4.79 Å². The molecule has 0 saturated carbocycles. The van der Waals surface area contributed by atoms with Gasteiger partial charge in [0.2, 0.25) is 0 Å². The lowest BCUT2D eigenvalue weighted by molar-refractivity contribution is 0.0697. The van der Waals surface area contributed by atoms with E-state index in [1.807, 2.05) is 13.8 Å². The van der Waals surface area contributed by atoms with Crippen molar-refractivity contribution in [2.75, 3.05) is 0 Å². The summed E-state index contributed by atoms with van der Waals surface area (Å²) in [6.07, 6.45) is 2.17. The molecule has 2 aromatic rings. The van der Waals surface area contributed by atoms with Crippen molar-refractivity contribution in [2.45, 2.75) is 33.1 Å². The van der Waals surface area contributed by atoms with Crippen LogP contribution in [-0.2, 0) is 6.42 Å². The van der Waals surface area contributed by atoms with Crippen molar-refractivity contribution in [1.29, 1.82) is 0 Å². The number of nitrogens with one attached hydrogen (secondary N) is 1. The number of hydrogen-bond acceptors (Lipinski definition) is 2. The first-order valence-electron chi connectivity index (χ1n) is 6.49. The number of benzene rings is 1. The predicted octanol–water partition coefficient (Wildman–Crippen LogP) is 3.41. The van der Waals surface area contributed by atoms with Gasteiger partial charge in [-0.15, -0.1) is 0 Å². The normalized spacial score (nSPS) is 10.8. The third kappa shape index (κ3) is 2.38. The van der Waals surface area contributed by atoms with Gasteiger partial charge in [0, 0.05) is 28.6 Å². The zero-order valence-corrected chi connectivity index (χ0v) is 11.1. The average Bonchev–Trinajstić information content (AvgIpc) is 2.75. The smallest absolute Gasteiger partial charge is 0.335 e. The second kappa shape index (κ2) is 5.26. The number of aromatic nitrogens is 1. The zero-order valence-electron chi connectivity index (χ0n) is 11.1. The van der Waals surface area contributed by atoms with Crippen LogP contribution in [0.2, 0.25) is 0 Å². The summed E-state index contributed by atoms with van der Waals surface area (Å²) in [5, 5.41) is 9.82. The van der Waals surface area contributed by atoms with Gasteiger partial charge in [0.05, 0.1) is 5.56 Å². The highest BCUT2D eigenvalue weighted by Crippen LogP contribution is 2.26. The topological polar surface area (TPSA) is 70.2 Å². The van der Waals surface area contributed by atoms with E-state index < -0.39 is 5.97 Å². The van der Waals surface area contributed by atoms with Gasteiger partial charge in [0.25, 0.3) is 0 Å². The monoisotopic (exact) mass is 259 g/mol. The minimum atomic E-state index is -0.961. The largest absolute Gasteiger partial charge is 0.478 e. The molecule has 0 unspecified atom stereocenters. The molecule has 4 nitrogen and oxygen atoms in total. The number of fused-ring (bicyclic) bond motifs is 1. The fourth-order valence-corrected chi connectivity index (χ4v) is 2.32. The van der Waals surface area contributed by atoms with Crippen LogP contribution in [0.5, 0.6) is 0 Å². The van der Waals surface area contributed by atoms with Crippen LogP contribution in [0, 0.1) is 0 Å². The van der Waals surface area contributed by atoms with Crippen LogP contribution in [0.15, 0.2) is 18.2 Å². The van der Waals surface area contributed by atoms with Crippen molar-refractivity contribution in [3.63, 3.8) is 0 Å². The zero-order chi connectivity index (χ0) is 14.0. The van der Waals surface area contributed by atoms with Gasteiger partial charge >= 0.3 is 5.97 Å². The number of aryl methyl sites for hydroxylation is 1. The molecule has 0 atom stereocenters. The van der Waals surface area contributed by atoms with Gasteiger partial charge in [-0.1, -0.05) is 26.3 Å². The van der Waals surface area contributed by atoms with Crippen LogP contribution in [0.1, 0.15) is 53.1 Å². The highest BCUT2D eigenvalue weighted by Gasteiger charge is 2.17. The molecular formula is C15H17NO3. The summed E-state index contributed by atoms with van der Waals surface area (Å²) in [6.45, 7) is 3.89. The molecule has 0 saturated heterocycles. The molecule has 2 N–H and O–H groups in total. The molecule has 100 valence electrons. The first-order chi connectivity index (χ1) is 9.08. The summed E-state index contributed by atoms with van der Waals surface area (Å²) in [6, 6.07) is 4.85. The Hall–Kier alpha value is -2.10. The quantitative estimate of drug-likeness (QED) is 0.808. The third-order valence-electron chi connectivity index (χ3n) is 3.22. The van der Waals surface area contributed by atoms with Crippen molar-refractivity contribution >= 4 is 22.7 Å². The van der Waals surface area contributed by atoms with Gasteiger partial charge in [-0.05, 0) is 18.6 Å². The summed E-state index contributed by atoms with van der Waals surface area (Å²) in [5.74, 6) is -0.866.